The highest BCUT2D eigenvalue weighted by Gasteiger charge is 2.20. The predicted molar refractivity (Wildman–Crippen MR) is 59.1 cm³/mol. The Hall–Kier alpha value is -1.05. The van der Waals surface area contributed by atoms with E-state index in [1.165, 1.54) is 6.42 Å². The van der Waals surface area contributed by atoms with Crippen molar-refractivity contribution in [2.75, 3.05) is 0 Å². The first-order valence-electron chi connectivity index (χ1n) is 5.93. The van der Waals surface area contributed by atoms with Gasteiger partial charge in [0.05, 0.1) is 5.92 Å². The molecule has 2 aliphatic carbocycles. The second-order valence-electron chi connectivity index (χ2n) is 4.30. The highest BCUT2D eigenvalue weighted by atomic mass is 16.5. The summed E-state index contributed by atoms with van der Waals surface area (Å²) in [5.74, 6) is 0.839. The molecule has 0 spiro atoms. The van der Waals surface area contributed by atoms with Crippen molar-refractivity contribution < 1.29 is 9.53 Å². The highest BCUT2D eigenvalue weighted by Crippen LogP contribution is 2.23. The molecule has 0 aliphatic heterocycles. The summed E-state index contributed by atoms with van der Waals surface area (Å²) in [6, 6.07) is 0. The summed E-state index contributed by atoms with van der Waals surface area (Å²) in [5.41, 5.74) is 0. The average molecular weight is 206 g/mol. The first-order valence-corrected chi connectivity index (χ1v) is 5.93. The molecule has 1 atom stereocenters. The lowest BCUT2D eigenvalue weighted by Gasteiger charge is -2.18. The number of esters is 1. The van der Waals surface area contributed by atoms with Gasteiger partial charge in [0.1, 0.15) is 5.76 Å². The first-order chi connectivity index (χ1) is 7.36. The van der Waals surface area contributed by atoms with Crippen molar-refractivity contribution in [1.82, 2.24) is 0 Å². The lowest BCUT2D eigenvalue weighted by Crippen LogP contribution is -2.17. The zero-order valence-electron chi connectivity index (χ0n) is 9.08. The van der Waals surface area contributed by atoms with E-state index in [4.69, 9.17) is 4.74 Å². The van der Waals surface area contributed by atoms with Crippen LogP contribution in [0.3, 0.4) is 0 Å². The van der Waals surface area contributed by atoms with Gasteiger partial charge in [-0.1, -0.05) is 12.2 Å². The van der Waals surface area contributed by atoms with Gasteiger partial charge in [0.25, 0.3) is 0 Å². The fraction of sp³-hybridized carbons (Fsp3) is 0.615. The molecule has 0 fully saturated rings. The summed E-state index contributed by atoms with van der Waals surface area (Å²) in [4.78, 5) is 11.8. The Labute approximate surface area is 91.0 Å². The molecular formula is C13H18O2. The maximum Gasteiger partial charge on any atom is 0.317 e. The standard InChI is InChI=1S/C13H18O2/c14-13(11-7-3-1-4-8-11)15-12-9-5-2-6-10-12/h3,7,9,11H,1-2,4-6,8,10H2. The monoisotopic (exact) mass is 206 g/mol. The maximum atomic E-state index is 11.8. The molecule has 0 saturated heterocycles. The lowest BCUT2D eigenvalue weighted by atomic mass is 9.96. The third kappa shape index (κ3) is 2.95. The molecule has 0 aromatic heterocycles. The van der Waals surface area contributed by atoms with E-state index >= 15 is 0 Å². The van der Waals surface area contributed by atoms with Crippen molar-refractivity contribution in [3.8, 4) is 0 Å². The van der Waals surface area contributed by atoms with Gasteiger partial charge in [0.15, 0.2) is 0 Å². The number of carbonyl (C=O) groups is 1. The van der Waals surface area contributed by atoms with Crippen LogP contribution in [0.4, 0.5) is 0 Å². The van der Waals surface area contributed by atoms with Gasteiger partial charge in [-0.2, -0.15) is 0 Å². The second-order valence-corrected chi connectivity index (χ2v) is 4.30. The van der Waals surface area contributed by atoms with Gasteiger partial charge in [0, 0.05) is 6.42 Å². The van der Waals surface area contributed by atoms with E-state index in [-0.39, 0.29) is 11.9 Å². The van der Waals surface area contributed by atoms with Crippen LogP contribution in [-0.2, 0) is 9.53 Å². The molecule has 2 aliphatic rings. The summed E-state index contributed by atoms with van der Waals surface area (Å²) in [7, 11) is 0. The highest BCUT2D eigenvalue weighted by molar-refractivity contribution is 5.75. The van der Waals surface area contributed by atoms with E-state index in [1.54, 1.807) is 0 Å². The first kappa shape index (κ1) is 10.5. The summed E-state index contributed by atoms with van der Waals surface area (Å²) >= 11 is 0. The molecule has 0 amide bonds. The van der Waals surface area contributed by atoms with Gasteiger partial charge < -0.3 is 4.74 Å². The van der Waals surface area contributed by atoms with Crippen LogP contribution in [0.2, 0.25) is 0 Å². The minimum absolute atomic E-state index is 0.00146. The van der Waals surface area contributed by atoms with E-state index in [0.717, 1.165) is 44.3 Å². The molecule has 0 N–H and O–H groups in total. The van der Waals surface area contributed by atoms with Crippen molar-refractivity contribution in [1.29, 1.82) is 0 Å². The molecule has 82 valence electrons. The molecule has 0 bridgehead atoms. The smallest absolute Gasteiger partial charge is 0.317 e. The van der Waals surface area contributed by atoms with Crippen LogP contribution in [0.1, 0.15) is 44.9 Å². The fourth-order valence-corrected chi connectivity index (χ4v) is 2.12. The summed E-state index contributed by atoms with van der Waals surface area (Å²) in [5, 5.41) is 0. The Morgan fingerprint density at radius 3 is 2.87 bits per heavy atom. The molecule has 0 saturated carbocycles. The van der Waals surface area contributed by atoms with Crippen LogP contribution in [-0.4, -0.2) is 5.97 Å². The van der Waals surface area contributed by atoms with Crippen molar-refractivity contribution in [2.45, 2.75) is 44.9 Å². The van der Waals surface area contributed by atoms with E-state index in [9.17, 15) is 4.79 Å². The molecule has 15 heavy (non-hydrogen) atoms. The number of allylic oxidation sites excluding steroid dienone is 3. The zero-order chi connectivity index (χ0) is 10.5. The van der Waals surface area contributed by atoms with Crippen LogP contribution in [0.5, 0.6) is 0 Å². The Bertz CT molecular complexity index is 289. The van der Waals surface area contributed by atoms with Crippen LogP contribution in [0, 0.1) is 5.92 Å². The number of hydrogen-bond acceptors (Lipinski definition) is 2. The van der Waals surface area contributed by atoms with Crippen molar-refractivity contribution >= 4 is 5.97 Å². The summed E-state index contributed by atoms with van der Waals surface area (Å²) in [6.07, 6.45) is 13.7. The van der Waals surface area contributed by atoms with Crippen LogP contribution < -0.4 is 0 Å². The second kappa shape index (κ2) is 5.15. The number of carbonyl (C=O) groups excluding carboxylic acids is 1. The molecule has 0 aromatic carbocycles. The third-order valence-corrected chi connectivity index (χ3v) is 3.04. The molecule has 2 nitrogen and oxygen atoms in total. The third-order valence-electron chi connectivity index (χ3n) is 3.04. The van der Waals surface area contributed by atoms with Gasteiger partial charge in [-0.05, 0) is 44.6 Å². The Morgan fingerprint density at radius 1 is 1.27 bits per heavy atom. The van der Waals surface area contributed by atoms with Gasteiger partial charge in [-0.3, -0.25) is 4.79 Å². The minimum Gasteiger partial charge on any atom is -0.431 e. The lowest BCUT2D eigenvalue weighted by molar-refractivity contribution is -0.143. The molecule has 1 unspecified atom stereocenters. The minimum atomic E-state index is -0.0564. The maximum absolute atomic E-state index is 11.8. The Kier molecular flexibility index (Phi) is 3.59. The quantitative estimate of drug-likeness (QED) is 0.511. The van der Waals surface area contributed by atoms with Crippen molar-refractivity contribution in [2.24, 2.45) is 5.92 Å². The fourth-order valence-electron chi connectivity index (χ4n) is 2.12. The van der Waals surface area contributed by atoms with Gasteiger partial charge in [-0.15, -0.1) is 0 Å². The number of ether oxygens (including phenoxy) is 1. The van der Waals surface area contributed by atoms with E-state index in [0.29, 0.717) is 0 Å². The van der Waals surface area contributed by atoms with Crippen LogP contribution in [0.25, 0.3) is 0 Å². The SMILES string of the molecule is O=C(OC1=CCCCC1)C1C=CCCC1. The molecular weight excluding hydrogens is 188 g/mol. The molecule has 2 heteroatoms. The molecule has 0 aromatic rings. The molecule has 0 radical (unpaired) electrons. The normalized spacial score (nSPS) is 25.9. The molecule has 0 heterocycles. The van der Waals surface area contributed by atoms with Crippen LogP contribution >= 0.6 is 0 Å². The van der Waals surface area contributed by atoms with Crippen molar-refractivity contribution in [3.05, 3.63) is 24.0 Å². The molecule has 2 rings (SSSR count). The van der Waals surface area contributed by atoms with Gasteiger partial charge in [-0.25, -0.2) is 0 Å². The number of hydrogen-bond donors (Lipinski definition) is 0. The summed E-state index contributed by atoms with van der Waals surface area (Å²) in [6.45, 7) is 0. The Morgan fingerprint density at radius 2 is 2.20 bits per heavy atom. The average Bonchev–Trinajstić information content (AvgIpc) is 2.31. The largest absolute Gasteiger partial charge is 0.431 e. The topological polar surface area (TPSA) is 26.3 Å². The van der Waals surface area contributed by atoms with E-state index in [1.807, 2.05) is 6.08 Å². The van der Waals surface area contributed by atoms with Gasteiger partial charge >= 0.3 is 5.97 Å². The van der Waals surface area contributed by atoms with E-state index < -0.39 is 0 Å². The Balaban J connectivity index is 1.88. The van der Waals surface area contributed by atoms with Crippen molar-refractivity contribution in [3.63, 3.8) is 0 Å². The number of rotatable bonds is 2. The van der Waals surface area contributed by atoms with Gasteiger partial charge in [0.2, 0.25) is 0 Å². The zero-order valence-corrected chi connectivity index (χ0v) is 9.08. The van der Waals surface area contributed by atoms with E-state index in [2.05, 4.69) is 12.2 Å². The van der Waals surface area contributed by atoms with Crippen LogP contribution in [0.15, 0.2) is 24.0 Å². The predicted octanol–water partition coefficient (Wildman–Crippen LogP) is 3.34. The summed E-state index contributed by atoms with van der Waals surface area (Å²) < 4.78 is 5.40.